The zero-order valence-corrected chi connectivity index (χ0v) is 45.4. The molecule has 0 amide bonds. The summed E-state index contributed by atoms with van der Waals surface area (Å²) < 4.78 is 14.0. The Morgan fingerprint density at radius 2 is 1.20 bits per heavy atom. The van der Waals surface area contributed by atoms with Gasteiger partial charge in [-0.1, -0.05) is 36.4 Å². The van der Waals surface area contributed by atoms with Gasteiger partial charge in [-0.25, -0.2) is 38.7 Å². The van der Waals surface area contributed by atoms with Gasteiger partial charge < -0.3 is 40.5 Å². The number of likely N-dealkylation sites (tertiary alicyclic amines) is 1. The number of rotatable bonds is 9. The van der Waals surface area contributed by atoms with Crippen LogP contribution in [0.25, 0.3) is 33.7 Å². The van der Waals surface area contributed by atoms with Crippen LogP contribution in [0.2, 0.25) is 0 Å². The molecule has 4 fully saturated rings. The van der Waals surface area contributed by atoms with E-state index in [0.717, 1.165) is 75.0 Å². The van der Waals surface area contributed by atoms with Crippen LogP contribution in [-0.2, 0) is 35.6 Å². The van der Waals surface area contributed by atoms with Crippen LogP contribution in [-0.4, -0.2) is 118 Å². The minimum Gasteiger partial charge on any atom is -0.384 e. The summed E-state index contributed by atoms with van der Waals surface area (Å²) in [5, 5.41) is 22.6. The summed E-state index contributed by atoms with van der Waals surface area (Å²) >= 11 is 0. The number of aliphatic hydroxyl groups is 1. The van der Waals surface area contributed by atoms with E-state index >= 15 is 0 Å². The molecule has 0 saturated carbocycles. The molecule has 12 heterocycles. The summed E-state index contributed by atoms with van der Waals surface area (Å²) in [5.41, 5.74) is 4.36. The third-order valence-corrected chi connectivity index (χ3v) is 17.6. The minimum atomic E-state index is -1.17. The summed E-state index contributed by atoms with van der Waals surface area (Å²) in [5.74, 6) is 4.27. The van der Waals surface area contributed by atoms with E-state index in [-0.39, 0.29) is 24.3 Å². The van der Waals surface area contributed by atoms with Crippen molar-refractivity contribution in [2.24, 2.45) is 23.7 Å². The molecule has 6 aliphatic heterocycles. The molecule has 80 heavy (non-hydrogen) atoms. The molecule has 4 bridgehead atoms. The fraction of sp³-hybridized carbons (Fsp3) is 0.400. The van der Waals surface area contributed by atoms with Gasteiger partial charge in [0.1, 0.15) is 22.0 Å². The number of fused-ring (bicyclic) bond motifs is 14. The van der Waals surface area contributed by atoms with Gasteiger partial charge in [0.15, 0.2) is 22.9 Å². The lowest BCUT2D eigenvalue weighted by molar-refractivity contribution is -0.0563. The Kier molecular flexibility index (Phi) is 12.5. The van der Waals surface area contributed by atoms with Crippen molar-refractivity contribution in [3.8, 4) is 11.6 Å². The maximum absolute atomic E-state index is 14.2. The van der Waals surface area contributed by atoms with E-state index in [2.05, 4.69) is 98.1 Å². The van der Waals surface area contributed by atoms with Crippen molar-refractivity contribution >= 4 is 56.7 Å². The third-order valence-electron chi connectivity index (χ3n) is 17.6. The van der Waals surface area contributed by atoms with Crippen molar-refractivity contribution in [3.05, 3.63) is 153 Å². The highest BCUT2D eigenvalue weighted by Crippen LogP contribution is 2.39. The van der Waals surface area contributed by atoms with Gasteiger partial charge in [0.05, 0.1) is 31.1 Å². The van der Waals surface area contributed by atoms with E-state index in [1.807, 2.05) is 54.6 Å². The largest absolute Gasteiger partial charge is 0.384 e. The lowest BCUT2D eigenvalue weighted by Crippen LogP contribution is -2.28. The van der Waals surface area contributed by atoms with Crippen LogP contribution in [0.1, 0.15) is 56.5 Å². The maximum atomic E-state index is 14.2. The second kappa shape index (κ2) is 19.9. The number of hydrogen-bond acceptors (Lipinski definition) is 16. The van der Waals surface area contributed by atoms with Crippen molar-refractivity contribution in [1.29, 1.82) is 0 Å². The standard InChI is InChI=1S/C60H66N16O4/c1-59(79)22-6-4-8-24-73-56(78)47-30-63-58(69-54(47)75(73)51-14-10-12-49(59)66-51)65-48-21-20-45(72-35-41-31-70(3)32-42(41)36-72)26-38(48)37-80-60(2)23-7-5-9-25-74-55(77)46-29-62-57(68-53(46)76(74)52-15-11-13-50(60)67-52)64-43-16-18-44(19-17-43)71-33-39-27-61-28-40(39)34-71/h4-5,8-21,26,29-30,39-42,61,79H,6-7,22-25,27-28,31-37H2,1-3H3,(H,62,64,68)(H,63,65,69)/b8-4-,9-5-/t39?,40?,41?,42?,59-,60-/m1/s1. The Balaban J connectivity index is 0.783. The number of nitrogens with zero attached hydrogens (tertiary/aromatic N) is 13. The van der Waals surface area contributed by atoms with Gasteiger partial charge in [0.2, 0.25) is 11.9 Å². The quantitative estimate of drug-likeness (QED) is 0.110. The molecule has 20 heteroatoms. The average Bonchev–Trinajstić information content (AvgIpc) is 4.49. The minimum absolute atomic E-state index is 0.203. The van der Waals surface area contributed by atoms with Gasteiger partial charge in [-0.2, -0.15) is 9.97 Å². The molecule has 4 N–H and O–H groups in total. The van der Waals surface area contributed by atoms with Crippen molar-refractivity contribution < 1.29 is 9.84 Å². The predicted octanol–water partition coefficient (Wildman–Crippen LogP) is 6.75. The molecule has 8 aromatic rings. The van der Waals surface area contributed by atoms with E-state index < -0.39 is 11.2 Å². The molecule has 6 aliphatic rings. The van der Waals surface area contributed by atoms with Crippen LogP contribution in [0.3, 0.4) is 0 Å². The molecule has 0 spiro atoms. The van der Waals surface area contributed by atoms with E-state index in [1.165, 1.54) is 5.69 Å². The smallest absolute Gasteiger partial charge is 0.278 e. The highest BCUT2D eigenvalue weighted by molar-refractivity contribution is 5.78. The Morgan fingerprint density at radius 3 is 1.85 bits per heavy atom. The molecule has 4 unspecified atom stereocenters. The lowest BCUT2D eigenvalue weighted by Gasteiger charge is -2.30. The Morgan fingerprint density at radius 1 is 0.637 bits per heavy atom. The van der Waals surface area contributed by atoms with Crippen LogP contribution in [0, 0.1) is 23.7 Å². The van der Waals surface area contributed by atoms with Gasteiger partial charge in [-0.15, -0.1) is 0 Å². The first-order valence-corrected chi connectivity index (χ1v) is 28.2. The molecule has 6 atom stereocenters. The molecule has 2 aromatic carbocycles. The zero-order chi connectivity index (χ0) is 54.3. The summed E-state index contributed by atoms with van der Waals surface area (Å²) in [6, 6.07) is 26.2. The molecule has 6 aromatic heterocycles. The predicted molar refractivity (Wildman–Crippen MR) is 309 cm³/mol. The molecule has 0 radical (unpaired) electrons. The van der Waals surface area contributed by atoms with Crippen LogP contribution in [0.5, 0.6) is 0 Å². The summed E-state index contributed by atoms with van der Waals surface area (Å²) in [6.07, 6.45) is 13.6. The van der Waals surface area contributed by atoms with Crippen molar-refractivity contribution in [1.82, 2.24) is 58.8 Å². The fourth-order valence-corrected chi connectivity index (χ4v) is 13.1. The first kappa shape index (κ1) is 50.2. The van der Waals surface area contributed by atoms with Gasteiger partial charge >= 0.3 is 0 Å². The van der Waals surface area contributed by atoms with Gasteiger partial charge in [-0.3, -0.25) is 9.59 Å². The number of anilines is 6. The number of pyridine rings is 2. The summed E-state index contributed by atoms with van der Waals surface area (Å²) in [7, 11) is 2.21. The van der Waals surface area contributed by atoms with E-state index in [0.29, 0.717) is 113 Å². The Hall–Kier alpha value is -8.04. The lowest BCUT2D eigenvalue weighted by atomic mass is 9.94. The molecule has 4 saturated heterocycles. The van der Waals surface area contributed by atoms with E-state index in [1.54, 1.807) is 38.0 Å². The van der Waals surface area contributed by atoms with E-state index in [9.17, 15) is 14.7 Å². The molecule has 20 nitrogen and oxygen atoms in total. The van der Waals surface area contributed by atoms with Gasteiger partial charge in [-0.05, 0) is 137 Å². The molecular weight excluding hydrogens is 1010 g/mol. The zero-order valence-electron chi connectivity index (χ0n) is 45.4. The van der Waals surface area contributed by atoms with Crippen molar-refractivity contribution in [3.63, 3.8) is 0 Å². The Labute approximate surface area is 462 Å². The monoisotopic (exact) mass is 1070 g/mol. The fourth-order valence-electron chi connectivity index (χ4n) is 13.1. The van der Waals surface area contributed by atoms with Gasteiger partial charge in [0.25, 0.3) is 11.1 Å². The number of hydrogen-bond donors (Lipinski definition) is 4. The number of nitrogens with one attached hydrogen (secondary N) is 3. The van der Waals surface area contributed by atoms with E-state index in [4.69, 9.17) is 29.7 Å². The van der Waals surface area contributed by atoms with Gasteiger partial charge in [0, 0.05) is 93.1 Å². The second-order valence-electron chi connectivity index (χ2n) is 23.2. The second-order valence-corrected chi connectivity index (χ2v) is 23.2. The molecule has 410 valence electrons. The SMILES string of the molecule is CN1CC2CN(c3ccc(Nc4ncc5c(=O)n6n(c5n4)-c4cccc(n4)[C@](C)(O)CC/C=C\C6)c(CO[C@]4(C)CC/C=C\Cn5c(=O)c6cnc(Nc7ccc(N8CC9CNCC9C8)cc7)nc6n5-c5cccc4n5)c3)CC2C1. The summed E-state index contributed by atoms with van der Waals surface area (Å²) in [6.45, 7) is 13.1. The first-order valence-electron chi connectivity index (χ1n) is 28.2. The highest BCUT2D eigenvalue weighted by atomic mass is 16.5. The average molecular weight is 1080 g/mol. The number of allylic oxidation sites excluding steroid dienone is 4. The van der Waals surface area contributed by atoms with Crippen LogP contribution in [0.15, 0.2) is 125 Å². The van der Waals surface area contributed by atoms with Crippen LogP contribution < -0.4 is 36.9 Å². The molecule has 14 rings (SSSR count). The molecule has 0 aliphatic carbocycles. The normalized spacial score (nSPS) is 25.4. The Bertz CT molecular complexity index is 3850. The number of aromatic nitrogens is 10. The van der Waals surface area contributed by atoms with Crippen LogP contribution >= 0.6 is 0 Å². The van der Waals surface area contributed by atoms with Crippen molar-refractivity contribution in [2.75, 3.05) is 79.8 Å². The first-order chi connectivity index (χ1) is 38.9. The summed E-state index contributed by atoms with van der Waals surface area (Å²) in [4.78, 5) is 65.3. The highest BCUT2D eigenvalue weighted by Gasteiger charge is 2.40. The van der Waals surface area contributed by atoms with Crippen molar-refractivity contribution in [2.45, 2.75) is 70.4 Å². The number of benzene rings is 2. The van der Waals surface area contributed by atoms with Crippen LogP contribution in [0.4, 0.5) is 34.6 Å². The maximum Gasteiger partial charge on any atom is 0.278 e. The molecular formula is C60H66N16O4. The topological polar surface area (TPSA) is 206 Å². The number of ether oxygens (including phenoxy) is 1. The third kappa shape index (κ3) is 9.12.